The van der Waals surface area contributed by atoms with E-state index in [9.17, 15) is 0 Å². The molecule has 0 bridgehead atoms. The summed E-state index contributed by atoms with van der Waals surface area (Å²) in [5.41, 5.74) is 3.94. The fourth-order valence-corrected chi connectivity index (χ4v) is 1.48. The third-order valence-corrected chi connectivity index (χ3v) is 1.84. The van der Waals surface area contributed by atoms with E-state index in [1.54, 1.807) is 0 Å². The zero-order valence-corrected chi connectivity index (χ0v) is 8.52. The first kappa shape index (κ1) is 10.4. The van der Waals surface area contributed by atoms with Crippen LogP contribution in [0.5, 0.6) is 0 Å². The van der Waals surface area contributed by atoms with Crippen LogP contribution < -0.4 is 0 Å². The maximum absolute atomic E-state index is 4.19. The van der Waals surface area contributed by atoms with Gasteiger partial charge in [0.15, 0.2) is 0 Å². The molecule has 0 heterocycles. The van der Waals surface area contributed by atoms with Gasteiger partial charge in [-0.25, -0.2) is 0 Å². The first-order valence-electron chi connectivity index (χ1n) is 4.11. The van der Waals surface area contributed by atoms with E-state index in [0.717, 1.165) is 0 Å². The van der Waals surface area contributed by atoms with Gasteiger partial charge in [-0.3, -0.25) is 4.99 Å². The Balaban J connectivity index is 4.79. The fraction of sp³-hybridized carbons (Fsp3) is 0.700. The molecule has 0 fully saturated rings. The van der Waals surface area contributed by atoms with Crippen LogP contribution in [0.3, 0.4) is 0 Å². The molecular weight excluding hydrogens is 134 g/mol. The van der Waals surface area contributed by atoms with E-state index >= 15 is 0 Å². The lowest BCUT2D eigenvalue weighted by Crippen LogP contribution is -2.06. The summed E-state index contributed by atoms with van der Waals surface area (Å²) >= 11 is 0. The Labute approximate surface area is 70.2 Å². The first-order chi connectivity index (χ1) is 5.00. The highest BCUT2D eigenvalue weighted by Gasteiger charge is 2.07. The first-order valence-corrected chi connectivity index (χ1v) is 4.11. The molecule has 0 rings (SSSR count). The Morgan fingerprint density at radius 1 is 1.09 bits per heavy atom. The van der Waals surface area contributed by atoms with Gasteiger partial charge in [0.25, 0.3) is 0 Å². The van der Waals surface area contributed by atoms with Gasteiger partial charge in [-0.2, -0.15) is 0 Å². The summed E-state index contributed by atoms with van der Waals surface area (Å²) in [6.07, 6.45) is 0. The molecule has 0 aliphatic heterocycles. The highest BCUT2D eigenvalue weighted by molar-refractivity contribution is 5.99. The number of aliphatic imine (C=N–C) groups is 1. The Morgan fingerprint density at radius 2 is 1.55 bits per heavy atom. The second-order valence-corrected chi connectivity index (χ2v) is 3.38. The van der Waals surface area contributed by atoms with E-state index < -0.39 is 0 Å². The maximum Gasteiger partial charge on any atom is 0.0347 e. The Morgan fingerprint density at radius 3 is 1.64 bits per heavy atom. The molecular formula is C10H19N. The van der Waals surface area contributed by atoms with Crippen molar-refractivity contribution in [1.82, 2.24) is 0 Å². The summed E-state index contributed by atoms with van der Waals surface area (Å²) in [4.78, 5) is 4.19. The fourth-order valence-electron chi connectivity index (χ4n) is 1.48. The van der Waals surface area contributed by atoms with Crippen LogP contribution in [0.25, 0.3) is 0 Å². The van der Waals surface area contributed by atoms with Gasteiger partial charge in [-0.1, -0.05) is 19.4 Å². The molecule has 0 aliphatic carbocycles. The zero-order valence-electron chi connectivity index (χ0n) is 8.52. The minimum Gasteiger partial charge on any atom is -0.293 e. The third kappa shape index (κ3) is 2.87. The molecule has 0 aliphatic rings. The lowest BCUT2D eigenvalue weighted by molar-refractivity contribution is 0.789. The van der Waals surface area contributed by atoms with Gasteiger partial charge in [0.05, 0.1) is 0 Å². The van der Waals surface area contributed by atoms with Gasteiger partial charge in [-0.05, 0) is 32.3 Å². The predicted molar refractivity (Wildman–Crippen MR) is 52.2 cm³/mol. The molecule has 0 aromatic rings. The molecule has 64 valence electrons. The van der Waals surface area contributed by atoms with E-state index in [0.29, 0.717) is 5.92 Å². The van der Waals surface area contributed by atoms with Crippen LogP contribution in [0.4, 0.5) is 0 Å². The standard InChI is InChI=1S/C10H19N/c1-7(2)10(8(3)4)9(5)11-6/h7H,1-6H3. The molecule has 0 N–H and O–H groups in total. The van der Waals surface area contributed by atoms with E-state index in [1.165, 1.54) is 16.9 Å². The monoisotopic (exact) mass is 153 g/mol. The molecule has 0 aromatic carbocycles. The number of rotatable bonds is 2. The second-order valence-electron chi connectivity index (χ2n) is 3.38. The number of allylic oxidation sites excluding steroid dienone is 2. The van der Waals surface area contributed by atoms with Gasteiger partial charge < -0.3 is 0 Å². The smallest absolute Gasteiger partial charge is 0.0347 e. The van der Waals surface area contributed by atoms with Gasteiger partial charge in [0, 0.05) is 12.8 Å². The predicted octanol–water partition coefficient (Wildman–Crippen LogP) is 3.07. The highest BCUT2D eigenvalue weighted by Crippen LogP contribution is 2.15. The van der Waals surface area contributed by atoms with Crippen molar-refractivity contribution < 1.29 is 0 Å². The van der Waals surface area contributed by atoms with Crippen LogP contribution in [-0.2, 0) is 0 Å². The minimum absolute atomic E-state index is 0.587. The van der Waals surface area contributed by atoms with E-state index in [2.05, 4.69) is 39.6 Å². The molecule has 0 saturated carbocycles. The van der Waals surface area contributed by atoms with Gasteiger partial charge in [0.1, 0.15) is 0 Å². The van der Waals surface area contributed by atoms with E-state index in [1.807, 2.05) is 7.05 Å². The molecule has 1 heteroatoms. The van der Waals surface area contributed by atoms with Gasteiger partial charge >= 0.3 is 0 Å². The molecule has 0 amide bonds. The normalized spacial score (nSPS) is 12.1. The summed E-state index contributed by atoms with van der Waals surface area (Å²) < 4.78 is 0. The van der Waals surface area contributed by atoms with Crippen molar-refractivity contribution in [2.75, 3.05) is 7.05 Å². The van der Waals surface area contributed by atoms with Crippen molar-refractivity contribution in [2.24, 2.45) is 10.9 Å². The number of hydrogen-bond acceptors (Lipinski definition) is 1. The number of hydrogen-bond donors (Lipinski definition) is 0. The molecule has 0 unspecified atom stereocenters. The molecule has 0 aromatic heterocycles. The average Bonchev–Trinajstić information content (AvgIpc) is 1.85. The van der Waals surface area contributed by atoms with Gasteiger partial charge in [-0.15, -0.1) is 0 Å². The molecule has 0 spiro atoms. The summed E-state index contributed by atoms with van der Waals surface area (Å²) in [6, 6.07) is 0. The second kappa shape index (κ2) is 4.32. The van der Waals surface area contributed by atoms with Crippen LogP contribution in [-0.4, -0.2) is 12.8 Å². The van der Waals surface area contributed by atoms with Crippen molar-refractivity contribution >= 4 is 5.71 Å². The summed E-state index contributed by atoms with van der Waals surface area (Å²) in [7, 11) is 1.85. The lowest BCUT2D eigenvalue weighted by Gasteiger charge is -2.12. The molecule has 11 heavy (non-hydrogen) atoms. The van der Waals surface area contributed by atoms with Crippen LogP contribution in [0.2, 0.25) is 0 Å². The van der Waals surface area contributed by atoms with Crippen molar-refractivity contribution in [3.63, 3.8) is 0 Å². The van der Waals surface area contributed by atoms with Crippen LogP contribution in [0, 0.1) is 5.92 Å². The van der Waals surface area contributed by atoms with Crippen molar-refractivity contribution in [3.8, 4) is 0 Å². The topological polar surface area (TPSA) is 12.4 Å². The third-order valence-electron chi connectivity index (χ3n) is 1.84. The summed E-state index contributed by atoms with van der Waals surface area (Å²) in [5.74, 6) is 0.587. The molecule has 0 radical (unpaired) electrons. The van der Waals surface area contributed by atoms with Crippen LogP contribution in [0.15, 0.2) is 16.1 Å². The van der Waals surface area contributed by atoms with Crippen LogP contribution in [0.1, 0.15) is 34.6 Å². The maximum atomic E-state index is 4.19. The lowest BCUT2D eigenvalue weighted by atomic mass is 9.95. The average molecular weight is 153 g/mol. The summed E-state index contributed by atoms with van der Waals surface area (Å²) in [5, 5.41) is 0. The van der Waals surface area contributed by atoms with E-state index in [4.69, 9.17) is 0 Å². The van der Waals surface area contributed by atoms with Crippen molar-refractivity contribution in [3.05, 3.63) is 11.1 Å². The largest absolute Gasteiger partial charge is 0.293 e. The molecule has 0 saturated heterocycles. The summed E-state index contributed by atoms with van der Waals surface area (Å²) in [6.45, 7) is 10.8. The number of nitrogens with zero attached hydrogens (tertiary/aromatic N) is 1. The Bertz CT molecular complexity index is 181. The minimum atomic E-state index is 0.587. The zero-order chi connectivity index (χ0) is 9.02. The molecule has 0 atom stereocenters. The SMILES string of the molecule is CN=C(C)C(=C(C)C)C(C)C. The highest BCUT2D eigenvalue weighted by atomic mass is 14.7. The van der Waals surface area contributed by atoms with Gasteiger partial charge in [0.2, 0.25) is 0 Å². The van der Waals surface area contributed by atoms with Crippen molar-refractivity contribution in [1.29, 1.82) is 0 Å². The quantitative estimate of drug-likeness (QED) is 0.541. The molecule has 1 nitrogen and oxygen atoms in total. The Kier molecular flexibility index (Phi) is 4.09. The Hall–Kier alpha value is -0.590. The van der Waals surface area contributed by atoms with Crippen LogP contribution >= 0.6 is 0 Å². The van der Waals surface area contributed by atoms with E-state index in [-0.39, 0.29) is 0 Å². The van der Waals surface area contributed by atoms with Crippen molar-refractivity contribution in [2.45, 2.75) is 34.6 Å².